The molecule has 0 heterocycles. The molecule has 5 heteroatoms. The van der Waals surface area contributed by atoms with Gasteiger partial charge in [0, 0.05) is 5.56 Å². The SMILES string of the molecule is Cc1[c]cccc1N(NC(=N)N)C(=O)c1ccccc1. The lowest BCUT2D eigenvalue weighted by atomic mass is 10.1. The van der Waals surface area contributed by atoms with Crippen LogP contribution in [0.5, 0.6) is 0 Å². The molecule has 4 N–H and O–H groups in total. The molecule has 0 aromatic heterocycles. The smallest absolute Gasteiger partial charge is 0.277 e. The maximum Gasteiger partial charge on any atom is 0.277 e. The van der Waals surface area contributed by atoms with Crippen LogP contribution in [0.15, 0.2) is 48.5 Å². The molecule has 0 atom stereocenters. The third kappa shape index (κ3) is 2.95. The van der Waals surface area contributed by atoms with E-state index in [0.717, 1.165) is 5.56 Å². The minimum atomic E-state index is -0.308. The molecule has 101 valence electrons. The Kier molecular flexibility index (Phi) is 4.00. The summed E-state index contributed by atoms with van der Waals surface area (Å²) in [6, 6.07) is 17.1. The molecule has 5 nitrogen and oxygen atoms in total. The fraction of sp³-hybridized carbons (Fsp3) is 0.0667. The van der Waals surface area contributed by atoms with Gasteiger partial charge in [-0.2, -0.15) is 0 Å². The van der Waals surface area contributed by atoms with Gasteiger partial charge >= 0.3 is 0 Å². The predicted molar refractivity (Wildman–Crippen MR) is 78.3 cm³/mol. The number of aryl methyl sites for hydroxylation is 1. The van der Waals surface area contributed by atoms with Crippen LogP contribution in [0.1, 0.15) is 15.9 Å². The lowest BCUT2D eigenvalue weighted by Gasteiger charge is -2.24. The number of hydrogen-bond donors (Lipinski definition) is 3. The van der Waals surface area contributed by atoms with E-state index in [1.54, 1.807) is 42.5 Å². The van der Waals surface area contributed by atoms with Crippen molar-refractivity contribution in [3.05, 3.63) is 65.7 Å². The number of hydrazine groups is 1. The van der Waals surface area contributed by atoms with E-state index in [1.165, 1.54) is 5.01 Å². The van der Waals surface area contributed by atoms with Crippen LogP contribution in [0.3, 0.4) is 0 Å². The molecule has 0 aliphatic carbocycles. The van der Waals surface area contributed by atoms with Crippen molar-refractivity contribution < 1.29 is 4.79 Å². The number of benzene rings is 2. The lowest BCUT2D eigenvalue weighted by molar-refractivity contribution is 0.0980. The fourth-order valence-corrected chi connectivity index (χ4v) is 1.80. The molecule has 2 aromatic carbocycles. The Bertz CT molecular complexity index is 625. The number of nitrogens with one attached hydrogen (secondary N) is 2. The van der Waals surface area contributed by atoms with Crippen molar-refractivity contribution in [1.29, 1.82) is 5.41 Å². The maximum atomic E-state index is 12.5. The Morgan fingerprint density at radius 1 is 1.25 bits per heavy atom. The minimum Gasteiger partial charge on any atom is -0.369 e. The monoisotopic (exact) mass is 267 g/mol. The first kappa shape index (κ1) is 13.6. The van der Waals surface area contributed by atoms with Crippen LogP contribution in [-0.4, -0.2) is 11.9 Å². The van der Waals surface area contributed by atoms with Crippen LogP contribution >= 0.6 is 0 Å². The summed E-state index contributed by atoms with van der Waals surface area (Å²) in [6.45, 7) is 1.84. The molecule has 0 aliphatic heterocycles. The summed E-state index contributed by atoms with van der Waals surface area (Å²) in [6.07, 6.45) is 0. The van der Waals surface area contributed by atoms with Gasteiger partial charge < -0.3 is 5.73 Å². The Morgan fingerprint density at radius 2 is 1.95 bits per heavy atom. The first-order chi connectivity index (χ1) is 9.59. The summed E-state index contributed by atoms with van der Waals surface area (Å²) < 4.78 is 0. The van der Waals surface area contributed by atoms with E-state index in [9.17, 15) is 4.79 Å². The summed E-state index contributed by atoms with van der Waals surface area (Å²) in [4.78, 5) is 12.5. The molecule has 1 amide bonds. The zero-order valence-electron chi connectivity index (χ0n) is 11.1. The number of nitrogens with two attached hydrogens (primary N) is 1. The van der Waals surface area contributed by atoms with Crippen LogP contribution in [0, 0.1) is 18.4 Å². The van der Waals surface area contributed by atoms with E-state index >= 15 is 0 Å². The zero-order chi connectivity index (χ0) is 14.5. The molecule has 0 unspecified atom stereocenters. The normalized spacial score (nSPS) is 9.85. The van der Waals surface area contributed by atoms with Crippen LogP contribution < -0.4 is 16.2 Å². The number of hydrogen-bond acceptors (Lipinski definition) is 2. The highest BCUT2D eigenvalue weighted by Crippen LogP contribution is 2.19. The van der Waals surface area contributed by atoms with Crippen LogP contribution in [-0.2, 0) is 0 Å². The van der Waals surface area contributed by atoms with Crippen molar-refractivity contribution in [2.45, 2.75) is 6.92 Å². The highest BCUT2D eigenvalue weighted by Gasteiger charge is 2.19. The average molecular weight is 267 g/mol. The molecule has 0 fully saturated rings. The summed E-state index contributed by atoms with van der Waals surface area (Å²) in [5.74, 6) is -0.596. The van der Waals surface area contributed by atoms with Crippen molar-refractivity contribution in [1.82, 2.24) is 5.43 Å². The molecule has 0 saturated carbocycles. The van der Waals surface area contributed by atoms with Gasteiger partial charge in [-0.15, -0.1) is 0 Å². The van der Waals surface area contributed by atoms with E-state index in [4.69, 9.17) is 11.1 Å². The molecule has 2 aromatic rings. The second kappa shape index (κ2) is 5.88. The van der Waals surface area contributed by atoms with Gasteiger partial charge in [-0.05, 0) is 36.8 Å². The number of guanidine groups is 1. The van der Waals surface area contributed by atoms with Crippen molar-refractivity contribution in [2.75, 3.05) is 5.01 Å². The number of carbonyl (C=O) groups excluding carboxylic acids is 1. The molecule has 0 aliphatic rings. The van der Waals surface area contributed by atoms with Gasteiger partial charge in [-0.1, -0.05) is 30.3 Å². The quantitative estimate of drug-likeness (QED) is 0.441. The van der Waals surface area contributed by atoms with Gasteiger partial charge in [0.2, 0.25) is 5.96 Å². The predicted octanol–water partition coefficient (Wildman–Crippen LogP) is 1.84. The zero-order valence-corrected chi connectivity index (χ0v) is 11.1. The molecule has 0 saturated heterocycles. The van der Waals surface area contributed by atoms with Gasteiger partial charge in [0.25, 0.3) is 5.91 Å². The van der Waals surface area contributed by atoms with Crippen molar-refractivity contribution in [3.8, 4) is 0 Å². The highest BCUT2D eigenvalue weighted by molar-refractivity contribution is 6.07. The van der Waals surface area contributed by atoms with Crippen LogP contribution in [0.2, 0.25) is 0 Å². The summed E-state index contributed by atoms with van der Waals surface area (Å²) >= 11 is 0. The van der Waals surface area contributed by atoms with E-state index in [-0.39, 0.29) is 11.9 Å². The molecular formula is C15H15N4O. The van der Waals surface area contributed by atoms with Gasteiger partial charge in [0.05, 0.1) is 5.69 Å². The van der Waals surface area contributed by atoms with E-state index in [1.807, 2.05) is 13.0 Å². The van der Waals surface area contributed by atoms with Gasteiger partial charge in [0.15, 0.2) is 0 Å². The molecule has 0 bridgehead atoms. The summed E-state index contributed by atoms with van der Waals surface area (Å²) in [5.41, 5.74) is 9.82. The molecular weight excluding hydrogens is 252 g/mol. The first-order valence-corrected chi connectivity index (χ1v) is 6.07. The standard InChI is InChI=1S/C15H15N4O/c1-11-7-5-6-10-13(11)19(18-15(16)17)14(20)12-8-3-2-4-9-12/h2-6,8-10H,1H3,(H4,16,17,18). The number of anilines is 1. The van der Waals surface area contributed by atoms with E-state index in [0.29, 0.717) is 11.3 Å². The molecule has 0 spiro atoms. The van der Waals surface area contributed by atoms with Gasteiger partial charge in [-0.25, -0.2) is 5.01 Å². The second-order valence-electron chi connectivity index (χ2n) is 4.21. The lowest BCUT2D eigenvalue weighted by Crippen LogP contribution is -2.49. The molecule has 20 heavy (non-hydrogen) atoms. The van der Waals surface area contributed by atoms with Crippen LogP contribution in [0.25, 0.3) is 0 Å². The van der Waals surface area contributed by atoms with Crippen molar-refractivity contribution in [2.24, 2.45) is 5.73 Å². The Balaban J connectivity index is 2.41. The molecule has 2 rings (SSSR count). The Morgan fingerprint density at radius 3 is 2.55 bits per heavy atom. The third-order valence-corrected chi connectivity index (χ3v) is 2.73. The Hall–Kier alpha value is -2.82. The minimum absolute atomic E-state index is 0.288. The van der Waals surface area contributed by atoms with Gasteiger partial charge in [0.1, 0.15) is 0 Å². The number of carbonyl (C=O) groups is 1. The van der Waals surface area contributed by atoms with Crippen LogP contribution in [0.4, 0.5) is 5.69 Å². The third-order valence-electron chi connectivity index (χ3n) is 2.73. The average Bonchev–Trinajstić information content (AvgIpc) is 2.46. The number of amides is 1. The number of nitrogens with zero attached hydrogens (tertiary/aromatic N) is 1. The van der Waals surface area contributed by atoms with Crippen molar-refractivity contribution in [3.63, 3.8) is 0 Å². The summed E-state index contributed by atoms with van der Waals surface area (Å²) in [7, 11) is 0. The van der Waals surface area contributed by atoms with E-state index < -0.39 is 0 Å². The topological polar surface area (TPSA) is 82.2 Å². The van der Waals surface area contributed by atoms with Gasteiger partial charge in [-0.3, -0.25) is 15.6 Å². The van der Waals surface area contributed by atoms with E-state index in [2.05, 4.69) is 11.5 Å². The second-order valence-corrected chi connectivity index (χ2v) is 4.21. The maximum absolute atomic E-state index is 12.5. The Labute approximate surface area is 117 Å². The van der Waals surface area contributed by atoms with Crippen molar-refractivity contribution >= 4 is 17.6 Å². The molecule has 1 radical (unpaired) electrons. The largest absolute Gasteiger partial charge is 0.369 e. The fourth-order valence-electron chi connectivity index (χ4n) is 1.80. The highest BCUT2D eigenvalue weighted by atomic mass is 16.2. The first-order valence-electron chi connectivity index (χ1n) is 6.07. The number of rotatable bonds is 2. The summed E-state index contributed by atoms with van der Waals surface area (Å²) in [5, 5.41) is 8.62.